The highest BCUT2D eigenvalue weighted by Gasteiger charge is 2.60. The molecule has 0 atom stereocenters. The van der Waals surface area contributed by atoms with Gasteiger partial charge in [-0.1, -0.05) is 0 Å². The molecule has 4 fully saturated rings. The third-order valence-corrected chi connectivity index (χ3v) is 4.61. The minimum atomic E-state index is -0.671. The summed E-state index contributed by atoms with van der Waals surface area (Å²) in [5.74, 6) is 0.497. The second-order valence-corrected chi connectivity index (χ2v) is 6.19. The molecule has 0 radical (unpaired) electrons. The summed E-state index contributed by atoms with van der Waals surface area (Å²) < 4.78 is 0. The number of hydrogen-bond acceptors (Lipinski definition) is 3. The van der Waals surface area contributed by atoms with Crippen LogP contribution < -0.4 is 5.32 Å². The molecule has 4 bridgehead atoms. The number of carbonyl (C=O) groups is 1. The lowest BCUT2D eigenvalue weighted by atomic mass is 9.50. The van der Waals surface area contributed by atoms with E-state index in [1.807, 2.05) is 0 Å². The first-order valence-electron chi connectivity index (χ1n) is 6.11. The van der Waals surface area contributed by atoms with Crippen LogP contribution in [0.4, 0.5) is 0 Å². The van der Waals surface area contributed by atoms with Crippen molar-refractivity contribution in [2.45, 2.75) is 56.3 Å². The van der Waals surface area contributed by atoms with Gasteiger partial charge in [0.2, 0.25) is 5.91 Å². The maximum absolute atomic E-state index is 11.2. The van der Waals surface area contributed by atoms with Crippen molar-refractivity contribution in [2.75, 3.05) is 0 Å². The highest BCUT2D eigenvalue weighted by molar-refractivity contribution is 5.73. The van der Waals surface area contributed by atoms with Crippen LogP contribution >= 0.6 is 0 Å². The van der Waals surface area contributed by atoms with Crippen molar-refractivity contribution in [3.8, 4) is 0 Å². The topological polar surface area (TPSA) is 69.6 Å². The summed E-state index contributed by atoms with van der Waals surface area (Å²) in [6.07, 6.45) is 3.46. The summed E-state index contributed by atoms with van der Waals surface area (Å²) in [4.78, 5) is 11.2. The summed E-state index contributed by atoms with van der Waals surface area (Å²) in [6, 6.07) is 0.165. The average molecular weight is 225 g/mol. The molecule has 1 amide bonds. The van der Waals surface area contributed by atoms with Gasteiger partial charge < -0.3 is 15.5 Å². The molecule has 4 heteroatoms. The van der Waals surface area contributed by atoms with E-state index in [1.165, 1.54) is 6.92 Å². The molecule has 16 heavy (non-hydrogen) atoms. The van der Waals surface area contributed by atoms with Crippen LogP contribution in [0.15, 0.2) is 0 Å². The summed E-state index contributed by atoms with van der Waals surface area (Å²) in [7, 11) is 0. The van der Waals surface area contributed by atoms with Crippen molar-refractivity contribution in [1.29, 1.82) is 0 Å². The van der Waals surface area contributed by atoms with E-state index in [2.05, 4.69) is 5.32 Å². The standard InChI is InChI=1S/C12H19NO3/c1-7(14)13-10-8-2-11(15)4-9(10)5-12(16,3-8)6-11/h8-10,15-16H,2-6H2,1H3,(H,13,14). The SMILES string of the molecule is CC(=O)NC1C2CC3(O)CC1CC(O)(C2)C3. The second-order valence-electron chi connectivity index (χ2n) is 6.19. The smallest absolute Gasteiger partial charge is 0.217 e. The Hall–Kier alpha value is -0.610. The molecular weight excluding hydrogens is 206 g/mol. The highest BCUT2D eigenvalue weighted by Crippen LogP contribution is 2.57. The van der Waals surface area contributed by atoms with Gasteiger partial charge in [0, 0.05) is 19.4 Å². The maximum atomic E-state index is 11.2. The van der Waals surface area contributed by atoms with Crippen molar-refractivity contribution in [1.82, 2.24) is 5.32 Å². The Kier molecular flexibility index (Phi) is 1.97. The second kappa shape index (κ2) is 2.99. The number of nitrogens with one attached hydrogen (secondary N) is 1. The molecule has 0 aromatic heterocycles. The van der Waals surface area contributed by atoms with Gasteiger partial charge in [0.15, 0.2) is 0 Å². The lowest BCUT2D eigenvalue weighted by Crippen LogP contribution is -2.67. The van der Waals surface area contributed by atoms with Crippen LogP contribution in [0.1, 0.15) is 39.0 Å². The Balaban J connectivity index is 1.86. The molecule has 0 aromatic carbocycles. The number of amides is 1. The van der Waals surface area contributed by atoms with Crippen molar-refractivity contribution >= 4 is 5.91 Å². The van der Waals surface area contributed by atoms with Crippen LogP contribution in [0, 0.1) is 11.8 Å². The minimum Gasteiger partial charge on any atom is -0.390 e. The average Bonchev–Trinajstić information content (AvgIpc) is 2.06. The Bertz CT molecular complexity index is 305. The highest BCUT2D eigenvalue weighted by atomic mass is 16.3. The molecule has 0 spiro atoms. The molecule has 90 valence electrons. The largest absolute Gasteiger partial charge is 0.390 e. The number of rotatable bonds is 1. The fraction of sp³-hybridized carbons (Fsp3) is 0.917. The number of carbonyl (C=O) groups excluding carboxylic acids is 1. The van der Waals surface area contributed by atoms with Gasteiger partial charge in [0.05, 0.1) is 11.2 Å². The molecule has 4 saturated carbocycles. The first-order valence-corrected chi connectivity index (χ1v) is 6.11. The normalized spacial score (nSPS) is 54.1. The molecule has 4 nitrogen and oxygen atoms in total. The van der Waals surface area contributed by atoms with Crippen molar-refractivity contribution in [3.63, 3.8) is 0 Å². The van der Waals surface area contributed by atoms with Crippen LogP contribution in [0.3, 0.4) is 0 Å². The zero-order chi connectivity index (χ0) is 11.6. The van der Waals surface area contributed by atoms with Gasteiger partial charge >= 0.3 is 0 Å². The number of aliphatic hydroxyl groups is 2. The van der Waals surface area contributed by atoms with Gasteiger partial charge in [-0.15, -0.1) is 0 Å². The minimum absolute atomic E-state index is 0.00328. The monoisotopic (exact) mass is 225 g/mol. The molecule has 0 heterocycles. The van der Waals surface area contributed by atoms with E-state index in [9.17, 15) is 15.0 Å². The Labute approximate surface area is 95.0 Å². The van der Waals surface area contributed by atoms with E-state index in [-0.39, 0.29) is 23.8 Å². The van der Waals surface area contributed by atoms with Crippen LogP contribution in [-0.4, -0.2) is 33.4 Å². The molecule has 0 saturated heterocycles. The summed E-state index contributed by atoms with van der Waals surface area (Å²) in [5, 5.41) is 23.7. The summed E-state index contributed by atoms with van der Waals surface area (Å²) in [6.45, 7) is 1.54. The lowest BCUT2D eigenvalue weighted by molar-refractivity contribution is -0.209. The molecule has 3 N–H and O–H groups in total. The fourth-order valence-electron chi connectivity index (χ4n) is 4.53. The molecule has 4 aliphatic rings. The van der Waals surface area contributed by atoms with E-state index in [0.717, 1.165) is 25.7 Å². The third kappa shape index (κ3) is 1.47. The van der Waals surface area contributed by atoms with Crippen LogP contribution in [0.25, 0.3) is 0 Å². The zero-order valence-electron chi connectivity index (χ0n) is 9.57. The molecule has 4 aliphatic carbocycles. The maximum Gasteiger partial charge on any atom is 0.217 e. The van der Waals surface area contributed by atoms with E-state index in [0.29, 0.717) is 6.42 Å². The molecule has 0 aromatic rings. The van der Waals surface area contributed by atoms with E-state index >= 15 is 0 Å². The quantitative estimate of drug-likeness (QED) is 0.596. The van der Waals surface area contributed by atoms with Crippen LogP contribution in [0.2, 0.25) is 0 Å². The molecule has 4 rings (SSSR count). The van der Waals surface area contributed by atoms with E-state index in [4.69, 9.17) is 0 Å². The fourth-order valence-corrected chi connectivity index (χ4v) is 4.53. The van der Waals surface area contributed by atoms with Crippen LogP contribution in [0.5, 0.6) is 0 Å². The van der Waals surface area contributed by atoms with Gasteiger partial charge in [-0.2, -0.15) is 0 Å². The molecular formula is C12H19NO3. The Morgan fingerprint density at radius 2 is 1.56 bits per heavy atom. The Morgan fingerprint density at radius 3 is 1.94 bits per heavy atom. The van der Waals surface area contributed by atoms with Gasteiger partial charge in [-0.05, 0) is 37.5 Å². The van der Waals surface area contributed by atoms with Gasteiger partial charge in [-0.25, -0.2) is 0 Å². The van der Waals surface area contributed by atoms with Crippen LogP contribution in [-0.2, 0) is 4.79 Å². The molecule has 0 aliphatic heterocycles. The van der Waals surface area contributed by atoms with Gasteiger partial charge in [0.1, 0.15) is 0 Å². The first kappa shape index (κ1) is 10.5. The predicted octanol–water partition coefficient (Wildman–Crippen LogP) is 0.177. The summed E-state index contributed by atoms with van der Waals surface area (Å²) >= 11 is 0. The van der Waals surface area contributed by atoms with E-state index in [1.54, 1.807) is 0 Å². The van der Waals surface area contributed by atoms with Gasteiger partial charge in [-0.3, -0.25) is 4.79 Å². The predicted molar refractivity (Wildman–Crippen MR) is 57.6 cm³/mol. The zero-order valence-corrected chi connectivity index (χ0v) is 9.57. The van der Waals surface area contributed by atoms with Crippen molar-refractivity contribution in [2.24, 2.45) is 11.8 Å². The Morgan fingerprint density at radius 1 is 1.12 bits per heavy atom. The third-order valence-electron chi connectivity index (χ3n) is 4.61. The van der Waals surface area contributed by atoms with E-state index < -0.39 is 11.2 Å². The first-order chi connectivity index (χ1) is 7.39. The van der Waals surface area contributed by atoms with Crippen molar-refractivity contribution < 1.29 is 15.0 Å². The van der Waals surface area contributed by atoms with Gasteiger partial charge in [0.25, 0.3) is 0 Å². The van der Waals surface area contributed by atoms with Crippen molar-refractivity contribution in [3.05, 3.63) is 0 Å². The lowest BCUT2D eigenvalue weighted by Gasteiger charge is -2.61. The molecule has 0 unspecified atom stereocenters. The summed E-state index contributed by atoms with van der Waals surface area (Å²) in [5.41, 5.74) is -1.34. The number of hydrogen-bond donors (Lipinski definition) is 3.